The molecule has 1 heteroatoms. The maximum atomic E-state index is 9.23. The second kappa shape index (κ2) is 5.36. The molecular formula is C10H20O. The Bertz CT molecular complexity index is 134. The molecule has 0 radical (unpaired) electrons. The number of hydrogen-bond acceptors (Lipinski definition) is 1. The second-order valence-electron chi connectivity index (χ2n) is 3.24. The molecule has 0 spiro atoms. The van der Waals surface area contributed by atoms with Crippen molar-refractivity contribution in [2.75, 3.05) is 0 Å². The van der Waals surface area contributed by atoms with E-state index in [2.05, 4.69) is 13.8 Å². The largest absolute Gasteiger partial charge is 0.389 e. The van der Waals surface area contributed by atoms with Crippen molar-refractivity contribution < 1.29 is 5.11 Å². The molecule has 0 aliphatic carbocycles. The van der Waals surface area contributed by atoms with Crippen molar-refractivity contribution in [2.24, 2.45) is 0 Å². The van der Waals surface area contributed by atoms with E-state index in [1.165, 1.54) is 18.4 Å². The van der Waals surface area contributed by atoms with Gasteiger partial charge in [0.15, 0.2) is 0 Å². The molecule has 0 amide bonds. The molecule has 0 saturated carbocycles. The Labute approximate surface area is 70.1 Å². The summed E-state index contributed by atoms with van der Waals surface area (Å²) in [7, 11) is 0. The fourth-order valence-electron chi connectivity index (χ4n) is 0.996. The van der Waals surface area contributed by atoms with Crippen molar-refractivity contribution >= 4 is 0 Å². The molecule has 0 aromatic carbocycles. The minimum Gasteiger partial charge on any atom is -0.389 e. The van der Waals surface area contributed by atoms with Crippen LogP contribution in [0.2, 0.25) is 0 Å². The van der Waals surface area contributed by atoms with Crippen LogP contribution >= 0.6 is 0 Å². The summed E-state index contributed by atoms with van der Waals surface area (Å²) in [6, 6.07) is 0. The quantitative estimate of drug-likeness (QED) is 0.620. The Balaban J connectivity index is 3.94. The standard InChI is InChI=1S/C10H20O/c1-5-6-7-8(2)9(3)10(4)11/h10-11H,5-7H2,1-4H3/b9-8+. The van der Waals surface area contributed by atoms with Gasteiger partial charge in [-0.05, 0) is 39.2 Å². The highest BCUT2D eigenvalue weighted by molar-refractivity contribution is 5.12. The van der Waals surface area contributed by atoms with Gasteiger partial charge in [0.2, 0.25) is 0 Å². The summed E-state index contributed by atoms with van der Waals surface area (Å²) < 4.78 is 0. The molecule has 0 saturated heterocycles. The fourth-order valence-corrected chi connectivity index (χ4v) is 0.996. The summed E-state index contributed by atoms with van der Waals surface area (Å²) in [5.74, 6) is 0. The van der Waals surface area contributed by atoms with Gasteiger partial charge in [-0.25, -0.2) is 0 Å². The van der Waals surface area contributed by atoms with Crippen LogP contribution in [0.15, 0.2) is 11.1 Å². The van der Waals surface area contributed by atoms with Crippen molar-refractivity contribution in [3.05, 3.63) is 11.1 Å². The van der Waals surface area contributed by atoms with Crippen molar-refractivity contribution in [3.63, 3.8) is 0 Å². The zero-order valence-corrected chi connectivity index (χ0v) is 8.15. The highest BCUT2D eigenvalue weighted by atomic mass is 16.3. The first kappa shape index (κ1) is 10.7. The average Bonchev–Trinajstić information content (AvgIpc) is 1.98. The minimum absolute atomic E-state index is 0.271. The Morgan fingerprint density at radius 1 is 1.36 bits per heavy atom. The van der Waals surface area contributed by atoms with Crippen LogP contribution in [0.25, 0.3) is 0 Å². The van der Waals surface area contributed by atoms with Crippen LogP contribution in [0.5, 0.6) is 0 Å². The summed E-state index contributed by atoms with van der Waals surface area (Å²) in [4.78, 5) is 0. The number of unbranched alkanes of at least 4 members (excludes halogenated alkanes) is 1. The lowest BCUT2D eigenvalue weighted by molar-refractivity contribution is 0.230. The summed E-state index contributed by atoms with van der Waals surface area (Å²) in [5, 5.41) is 9.23. The molecule has 0 aliphatic rings. The summed E-state index contributed by atoms with van der Waals surface area (Å²) in [6.07, 6.45) is 3.32. The lowest BCUT2D eigenvalue weighted by Gasteiger charge is -2.09. The van der Waals surface area contributed by atoms with E-state index in [1.807, 2.05) is 13.8 Å². The van der Waals surface area contributed by atoms with E-state index in [1.54, 1.807) is 0 Å². The van der Waals surface area contributed by atoms with Crippen molar-refractivity contribution in [3.8, 4) is 0 Å². The van der Waals surface area contributed by atoms with Gasteiger partial charge in [-0.3, -0.25) is 0 Å². The van der Waals surface area contributed by atoms with Crippen LogP contribution in [0.1, 0.15) is 47.0 Å². The van der Waals surface area contributed by atoms with E-state index >= 15 is 0 Å². The lowest BCUT2D eigenvalue weighted by atomic mass is 10.0. The Hall–Kier alpha value is -0.300. The highest BCUT2D eigenvalue weighted by Gasteiger charge is 2.01. The zero-order chi connectivity index (χ0) is 8.85. The monoisotopic (exact) mass is 156 g/mol. The van der Waals surface area contributed by atoms with Gasteiger partial charge < -0.3 is 5.11 Å². The van der Waals surface area contributed by atoms with E-state index in [0.717, 1.165) is 12.0 Å². The third kappa shape index (κ3) is 4.20. The van der Waals surface area contributed by atoms with Crippen molar-refractivity contribution in [1.29, 1.82) is 0 Å². The normalized spacial score (nSPS) is 16.1. The van der Waals surface area contributed by atoms with Crippen LogP contribution < -0.4 is 0 Å². The molecule has 0 fully saturated rings. The van der Waals surface area contributed by atoms with Crippen LogP contribution in [0.4, 0.5) is 0 Å². The Morgan fingerprint density at radius 3 is 2.27 bits per heavy atom. The number of aliphatic hydroxyl groups excluding tert-OH is 1. The molecule has 1 unspecified atom stereocenters. The molecule has 1 nitrogen and oxygen atoms in total. The lowest BCUT2D eigenvalue weighted by Crippen LogP contribution is -2.03. The van der Waals surface area contributed by atoms with Crippen LogP contribution in [0.3, 0.4) is 0 Å². The van der Waals surface area contributed by atoms with E-state index in [4.69, 9.17) is 0 Å². The van der Waals surface area contributed by atoms with Gasteiger partial charge in [-0.1, -0.05) is 18.9 Å². The molecule has 0 aromatic heterocycles. The maximum absolute atomic E-state index is 9.23. The van der Waals surface area contributed by atoms with E-state index in [-0.39, 0.29) is 6.10 Å². The van der Waals surface area contributed by atoms with E-state index < -0.39 is 0 Å². The number of hydrogen-bond donors (Lipinski definition) is 1. The van der Waals surface area contributed by atoms with Crippen LogP contribution in [-0.4, -0.2) is 11.2 Å². The third-order valence-corrected chi connectivity index (χ3v) is 2.21. The summed E-state index contributed by atoms with van der Waals surface area (Å²) in [6.45, 7) is 8.13. The molecule has 1 atom stereocenters. The van der Waals surface area contributed by atoms with Gasteiger partial charge in [-0.15, -0.1) is 0 Å². The number of rotatable bonds is 4. The first-order valence-electron chi connectivity index (χ1n) is 4.43. The molecule has 66 valence electrons. The van der Waals surface area contributed by atoms with Crippen LogP contribution in [-0.2, 0) is 0 Å². The highest BCUT2D eigenvalue weighted by Crippen LogP contribution is 2.14. The fraction of sp³-hybridized carbons (Fsp3) is 0.800. The van der Waals surface area contributed by atoms with Gasteiger partial charge in [0.25, 0.3) is 0 Å². The molecule has 0 rings (SSSR count). The SMILES string of the molecule is CCCC/C(C)=C(\C)C(C)O. The molecule has 0 aliphatic heterocycles. The van der Waals surface area contributed by atoms with Gasteiger partial charge in [0.05, 0.1) is 6.10 Å². The summed E-state index contributed by atoms with van der Waals surface area (Å²) >= 11 is 0. The molecule has 11 heavy (non-hydrogen) atoms. The van der Waals surface area contributed by atoms with Gasteiger partial charge in [0.1, 0.15) is 0 Å². The minimum atomic E-state index is -0.271. The molecule has 1 N–H and O–H groups in total. The Morgan fingerprint density at radius 2 is 1.91 bits per heavy atom. The van der Waals surface area contributed by atoms with E-state index in [0.29, 0.717) is 0 Å². The zero-order valence-electron chi connectivity index (χ0n) is 8.15. The van der Waals surface area contributed by atoms with Crippen molar-refractivity contribution in [1.82, 2.24) is 0 Å². The van der Waals surface area contributed by atoms with Crippen LogP contribution in [0, 0.1) is 0 Å². The molecule has 0 heterocycles. The second-order valence-corrected chi connectivity index (χ2v) is 3.24. The Kier molecular flexibility index (Phi) is 5.22. The van der Waals surface area contributed by atoms with Crippen molar-refractivity contribution in [2.45, 2.75) is 53.1 Å². The predicted octanol–water partition coefficient (Wildman–Crippen LogP) is 2.89. The van der Waals surface area contributed by atoms with E-state index in [9.17, 15) is 5.11 Å². The summed E-state index contributed by atoms with van der Waals surface area (Å²) in [5.41, 5.74) is 2.49. The number of allylic oxidation sites excluding steroid dienone is 1. The maximum Gasteiger partial charge on any atom is 0.0721 e. The smallest absolute Gasteiger partial charge is 0.0721 e. The third-order valence-electron chi connectivity index (χ3n) is 2.21. The molecule has 0 bridgehead atoms. The molecule has 0 aromatic rings. The predicted molar refractivity (Wildman–Crippen MR) is 49.6 cm³/mol. The topological polar surface area (TPSA) is 20.2 Å². The first-order chi connectivity index (χ1) is 5.09. The van der Waals surface area contributed by atoms with Gasteiger partial charge in [0, 0.05) is 0 Å². The van der Waals surface area contributed by atoms with Gasteiger partial charge >= 0.3 is 0 Å². The molecular weight excluding hydrogens is 136 g/mol. The average molecular weight is 156 g/mol. The number of aliphatic hydroxyl groups is 1. The first-order valence-corrected chi connectivity index (χ1v) is 4.43. The van der Waals surface area contributed by atoms with Gasteiger partial charge in [-0.2, -0.15) is 0 Å².